The molecule has 0 bridgehead atoms. The first kappa shape index (κ1) is 19.9. The lowest BCUT2D eigenvalue weighted by atomic mass is 10.2. The van der Waals surface area contributed by atoms with Gasteiger partial charge >= 0.3 is 0 Å². The summed E-state index contributed by atoms with van der Waals surface area (Å²) < 4.78 is 11.3. The number of primary amides is 1. The van der Waals surface area contributed by atoms with Gasteiger partial charge in [-0.3, -0.25) is 9.59 Å². The topological polar surface area (TPSA) is 90.7 Å². The van der Waals surface area contributed by atoms with Crippen molar-refractivity contribution in [2.24, 2.45) is 5.73 Å². The molecule has 0 radical (unpaired) electrons. The molecule has 3 N–H and O–H groups in total. The first-order valence-electron chi connectivity index (χ1n) is 9.16. The molecule has 3 rings (SSSR count). The monoisotopic (exact) mass is 390 g/mol. The summed E-state index contributed by atoms with van der Waals surface area (Å²) in [6.07, 6.45) is -0.815. The molecule has 0 aliphatic rings. The third-order valence-electron chi connectivity index (χ3n) is 4.20. The van der Waals surface area contributed by atoms with Gasteiger partial charge in [0.1, 0.15) is 18.1 Å². The molecule has 6 heteroatoms. The van der Waals surface area contributed by atoms with E-state index in [1.165, 1.54) is 0 Å². The molecular formula is C23H22N2O4. The van der Waals surface area contributed by atoms with Crippen LogP contribution < -0.4 is 20.5 Å². The Kier molecular flexibility index (Phi) is 6.47. The number of nitrogens with one attached hydrogen (secondary N) is 1. The zero-order valence-electron chi connectivity index (χ0n) is 16.0. The van der Waals surface area contributed by atoms with Crippen molar-refractivity contribution in [2.45, 2.75) is 19.6 Å². The second-order valence-corrected chi connectivity index (χ2v) is 6.41. The molecule has 0 unspecified atom stereocenters. The number of hydrogen-bond donors (Lipinski definition) is 2. The van der Waals surface area contributed by atoms with Crippen molar-refractivity contribution in [1.82, 2.24) is 0 Å². The number of benzene rings is 3. The number of nitrogens with two attached hydrogens (primary N) is 1. The van der Waals surface area contributed by atoms with Crippen molar-refractivity contribution in [3.8, 4) is 11.5 Å². The van der Waals surface area contributed by atoms with Crippen LogP contribution in [0.3, 0.4) is 0 Å². The lowest BCUT2D eigenvalue weighted by molar-refractivity contribution is -0.122. The van der Waals surface area contributed by atoms with Gasteiger partial charge < -0.3 is 20.5 Å². The largest absolute Gasteiger partial charge is 0.489 e. The Morgan fingerprint density at radius 1 is 0.931 bits per heavy atom. The fourth-order valence-electron chi connectivity index (χ4n) is 2.64. The summed E-state index contributed by atoms with van der Waals surface area (Å²) in [7, 11) is 0. The van der Waals surface area contributed by atoms with Crippen LogP contribution in [0.4, 0.5) is 5.69 Å². The highest BCUT2D eigenvalue weighted by atomic mass is 16.5. The SMILES string of the molecule is C[C@@H](Oc1ccccc1C(N)=O)C(=O)Nc1ccc(OCc2ccccc2)cc1. The minimum absolute atomic E-state index is 0.229. The van der Waals surface area contributed by atoms with Gasteiger partial charge in [-0.05, 0) is 48.9 Å². The molecule has 0 heterocycles. The van der Waals surface area contributed by atoms with Crippen LogP contribution >= 0.6 is 0 Å². The second-order valence-electron chi connectivity index (χ2n) is 6.41. The van der Waals surface area contributed by atoms with Crippen molar-refractivity contribution in [1.29, 1.82) is 0 Å². The number of carbonyl (C=O) groups excluding carboxylic acids is 2. The maximum absolute atomic E-state index is 12.4. The molecule has 6 nitrogen and oxygen atoms in total. The average Bonchev–Trinajstić information content (AvgIpc) is 2.74. The van der Waals surface area contributed by atoms with Crippen LogP contribution in [-0.4, -0.2) is 17.9 Å². The summed E-state index contributed by atoms with van der Waals surface area (Å²) in [4.78, 5) is 23.9. The van der Waals surface area contributed by atoms with E-state index in [2.05, 4.69) is 5.32 Å². The third kappa shape index (κ3) is 5.59. The minimum atomic E-state index is -0.815. The number of carbonyl (C=O) groups is 2. The molecule has 0 spiro atoms. The van der Waals surface area contributed by atoms with Gasteiger partial charge in [-0.15, -0.1) is 0 Å². The molecule has 0 saturated heterocycles. The first-order chi connectivity index (χ1) is 14.0. The average molecular weight is 390 g/mol. The Hall–Kier alpha value is -3.80. The van der Waals surface area contributed by atoms with Gasteiger partial charge in [0.15, 0.2) is 6.10 Å². The zero-order valence-corrected chi connectivity index (χ0v) is 16.0. The van der Waals surface area contributed by atoms with E-state index in [-0.39, 0.29) is 17.2 Å². The normalized spacial score (nSPS) is 11.3. The van der Waals surface area contributed by atoms with E-state index in [9.17, 15) is 9.59 Å². The molecule has 0 saturated carbocycles. The van der Waals surface area contributed by atoms with E-state index in [1.54, 1.807) is 55.5 Å². The van der Waals surface area contributed by atoms with Crippen molar-refractivity contribution in [3.05, 3.63) is 90.0 Å². The van der Waals surface area contributed by atoms with Gasteiger partial charge in [0, 0.05) is 5.69 Å². The molecule has 0 aliphatic carbocycles. The highest BCUT2D eigenvalue weighted by Crippen LogP contribution is 2.20. The molecule has 3 aromatic carbocycles. The lowest BCUT2D eigenvalue weighted by Crippen LogP contribution is -2.30. The van der Waals surface area contributed by atoms with E-state index >= 15 is 0 Å². The number of rotatable bonds is 8. The van der Waals surface area contributed by atoms with Crippen LogP contribution in [0.15, 0.2) is 78.9 Å². The maximum Gasteiger partial charge on any atom is 0.265 e. The van der Waals surface area contributed by atoms with Crippen molar-refractivity contribution in [3.63, 3.8) is 0 Å². The first-order valence-corrected chi connectivity index (χ1v) is 9.16. The summed E-state index contributed by atoms with van der Waals surface area (Å²) in [6.45, 7) is 2.07. The van der Waals surface area contributed by atoms with Gasteiger partial charge in [-0.25, -0.2) is 0 Å². The van der Waals surface area contributed by atoms with Crippen LogP contribution in [0.2, 0.25) is 0 Å². The number of anilines is 1. The predicted molar refractivity (Wildman–Crippen MR) is 111 cm³/mol. The van der Waals surface area contributed by atoms with Crippen molar-refractivity contribution < 1.29 is 19.1 Å². The Morgan fingerprint density at radius 3 is 2.28 bits per heavy atom. The van der Waals surface area contributed by atoms with Crippen LogP contribution in [0.1, 0.15) is 22.8 Å². The molecule has 0 aliphatic heterocycles. The smallest absolute Gasteiger partial charge is 0.265 e. The maximum atomic E-state index is 12.4. The fraction of sp³-hybridized carbons (Fsp3) is 0.130. The van der Waals surface area contributed by atoms with Gasteiger partial charge in [0.05, 0.1) is 5.56 Å². The zero-order chi connectivity index (χ0) is 20.6. The highest BCUT2D eigenvalue weighted by molar-refractivity contribution is 5.96. The second kappa shape index (κ2) is 9.41. The Bertz CT molecular complexity index is 972. The predicted octanol–water partition coefficient (Wildman–Crippen LogP) is 3.77. The molecule has 29 heavy (non-hydrogen) atoms. The summed E-state index contributed by atoms with van der Waals surface area (Å²) in [6, 6.07) is 23.5. The van der Waals surface area contributed by atoms with Crippen LogP contribution in [-0.2, 0) is 11.4 Å². The Balaban J connectivity index is 1.55. The Morgan fingerprint density at radius 2 is 1.59 bits per heavy atom. The van der Waals surface area contributed by atoms with Gasteiger partial charge in [-0.2, -0.15) is 0 Å². The summed E-state index contributed by atoms with van der Waals surface area (Å²) in [5, 5.41) is 2.78. The van der Waals surface area contributed by atoms with E-state index in [4.69, 9.17) is 15.2 Å². The lowest BCUT2D eigenvalue weighted by Gasteiger charge is -2.16. The fourth-order valence-corrected chi connectivity index (χ4v) is 2.64. The van der Waals surface area contributed by atoms with Crippen molar-refractivity contribution in [2.75, 3.05) is 5.32 Å². The molecule has 0 fully saturated rings. The van der Waals surface area contributed by atoms with Crippen LogP contribution in [0.5, 0.6) is 11.5 Å². The number of hydrogen-bond acceptors (Lipinski definition) is 4. The van der Waals surface area contributed by atoms with E-state index in [0.29, 0.717) is 18.0 Å². The summed E-state index contributed by atoms with van der Waals surface area (Å²) in [5.74, 6) is 0.0142. The third-order valence-corrected chi connectivity index (χ3v) is 4.20. The minimum Gasteiger partial charge on any atom is -0.489 e. The molecule has 2 amide bonds. The van der Waals surface area contributed by atoms with Gasteiger partial charge in [0.25, 0.3) is 11.8 Å². The molecule has 3 aromatic rings. The quantitative estimate of drug-likeness (QED) is 0.613. The van der Waals surface area contributed by atoms with Crippen LogP contribution in [0, 0.1) is 0 Å². The van der Waals surface area contributed by atoms with E-state index < -0.39 is 12.0 Å². The van der Waals surface area contributed by atoms with E-state index in [0.717, 1.165) is 5.56 Å². The molecule has 0 aromatic heterocycles. The van der Waals surface area contributed by atoms with Gasteiger partial charge in [-0.1, -0.05) is 42.5 Å². The number of amides is 2. The highest BCUT2D eigenvalue weighted by Gasteiger charge is 2.18. The molecular weight excluding hydrogens is 368 g/mol. The number of para-hydroxylation sites is 1. The molecule has 148 valence electrons. The summed E-state index contributed by atoms with van der Waals surface area (Å²) in [5.41, 5.74) is 7.25. The van der Waals surface area contributed by atoms with Crippen molar-refractivity contribution >= 4 is 17.5 Å². The number of ether oxygens (including phenoxy) is 2. The standard InChI is InChI=1S/C23H22N2O4/c1-16(29-21-10-6-5-9-20(21)22(24)26)23(27)25-18-11-13-19(14-12-18)28-15-17-7-3-2-4-8-17/h2-14,16H,15H2,1H3,(H2,24,26)(H,25,27)/t16-/m1/s1. The summed E-state index contributed by atoms with van der Waals surface area (Å²) >= 11 is 0. The van der Waals surface area contributed by atoms with E-state index in [1.807, 2.05) is 30.3 Å². The van der Waals surface area contributed by atoms with Crippen LogP contribution in [0.25, 0.3) is 0 Å². The van der Waals surface area contributed by atoms with Gasteiger partial charge in [0.2, 0.25) is 0 Å². The Labute approximate surface area is 169 Å². The molecule has 1 atom stereocenters.